The second-order valence-electron chi connectivity index (χ2n) is 8.62. The highest BCUT2D eigenvalue weighted by molar-refractivity contribution is 5.95. The van der Waals surface area contributed by atoms with Crippen molar-refractivity contribution in [2.24, 2.45) is 0 Å². The highest BCUT2D eigenvalue weighted by Gasteiger charge is 2.16. The zero-order chi connectivity index (χ0) is 21.9. The van der Waals surface area contributed by atoms with E-state index in [0.717, 1.165) is 65.7 Å². The molecule has 1 aliphatic heterocycles. The van der Waals surface area contributed by atoms with Crippen molar-refractivity contribution in [3.05, 3.63) is 83.6 Å². The first-order valence-corrected chi connectivity index (χ1v) is 11.3. The summed E-state index contributed by atoms with van der Waals surface area (Å²) in [7, 11) is 0. The summed E-state index contributed by atoms with van der Waals surface area (Å²) in [6, 6.07) is 23.6. The number of hydrogen-bond acceptors (Lipinski definition) is 4. The zero-order valence-electron chi connectivity index (χ0n) is 18.3. The van der Waals surface area contributed by atoms with Gasteiger partial charge in [0.1, 0.15) is 5.58 Å². The molecule has 0 amide bonds. The largest absolute Gasteiger partial charge is 0.464 e. The minimum absolute atomic E-state index is 0.547. The van der Waals surface area contributed by atoms with Gasteiger partial charge in [0.15, 0.2) is 0 Å². The average Bonchev–Trinajstić information content (AvgIpc) is 3.25. The van der Waals surface area contributed by atoms with Crippen LogP contribution in [0.4, 0.5) is 0 Å². The van der Waals surface area contributed by atoms with Gasteiger partial charge in [0.25, 0.3) is 0 Å². The third kappa shape index (κ3) is 4.18. The van der Waals surface area contributed by atoms with E-state index in [2.05, 4.69) is 60.0 Å². The van der Waals surface area contributed by atoms with Crippen molar-refractivity contribution in [2.45, 2.75) is 32.4 Å². The number of nitriles is 1. The second-order valence-corrected chi connectivity index (χ2v) is 8.62. The van der Waals surface area contributed by atoms with Crippen molar-refractivity contribution in [2.75, 3.05) is 13.1 Å². The van der Waals surface area contributed by atoms with E-state index in [9.17, 15) is 5.26 Å². The van der Waals surface area contributed by atoms with Crippen LogP contribution in [0.25, 0.3) is 33.2 Å². The lowest BCUT2D eigenvalue weighted by atomic mass is 9.92. The summed E-state index contributed by atoms with van der Waals surface area (Å²) in [5.41, 5.74) is 8.53. The van der Waals surface area contributed by atoms with E-state index in [1.807, 2.05) is 30.5 Å². The molecule has 2 heterocycles. The maximum Gasteiger partial charge on any atom is 0.134 e. The molecular formula is C28H27N3O. The number of hydrogen-bond donors (Lipinski definition) is 2. The van der Waals surface area contributed by atoms with Gasteiger partial charge in [-0.05, 0) is 79.4 Å². The minimum atomic E-state index is 0.547. The van der Waals surface area contributed by atoms with Gasteiger partial charge in [-0.15, -0.1) is 0 Å². The number of nitrogens with one attached hydrogen (secondary N) is 2. The van der Waals surface area contributed by atoms with Gasteiger partial charge in [-0.25, -0.2) is 0 Å². The van der Waals surface area contributed by atoms with Crippen LogP contribution < -0.4 is 10.6 Å². The summed E-state index contributed by atoms with van der Waals surface area (Å²) in [5.74, 6) is 0. The highest BCUT2D eigenvalue weighted by atomic mass is 16.3. The Kier molecular flexibility index (Phi) is 5.77. The number of rotatable bonds is 5. The lowest BCUT2D eigenvalue weighted by molar-refractivity contribution is 0.386. The first-order valence-electron chi connectivity index (χ1n) is 11.3. The molecule has 4 heteroatoms. The van der Waals surface area contributed by atoms with Gasteiger partial charge in [0.2, 0.25) is 0 Å². The SMILES string of the molecule is Cc1ccc(-c2cc3occ(CNC4CCNCC4)c3cc2-c2ccc(C#N)cc2)cc1. The molecule has 1 saturated heterocycles. The molecule has 1 fully saturated rings. The van der Waals surface area contributed by atoms with Crippen molar-refractivity contribution >= 4 is 11.0 Å². The Morgan fingerprint density at radius 1 is 0.969 bits per heavy atom. The summed E-state index contributed by atoms with van der Waals surface area (Å²) in [6.07, 6.45) is 4.20. The maximum absolute atomic E-state index is 9.20. The predicted octanol–water partition coefficient (Wildman–Crippen LogP) is 5.79. The molecule has 5 rings (SSSR count). The number of aryl methyl sites for hydroxylation is 1. The Morgan fingerprint density at radius 3 is 2.31 bits per heavy atom. The Balaban J connectivity index is 1.57. The Morgan fingerprint density at radius 2 is 1.62 bits per heavy atom. The fraction of sp³-hybridized carbons (Fsp3) is 0.250. The summed E-state index contributed by atoms with van der Waals surface area (Å²) in [4.78, 5) is 0. The standard InChI is InChI=1S/C28H27N3O/c1-19-2-6-21(7-3-19)26-15-28-27(14-25(26)22-8-4-20(16-29)5-9-22)23(18-32-28)17-31-24-10-12-30-13-11-24/h2-9,14-15,18,24,30-31H,10-13,17H2,1H3. The molecule has 0 unspecified atom stereocenters. The second kappa shape index (κ2) is 9.00. The van der Waals surface area contributed by atoms with E-state index in [4.69, 9.17) is 4.42 Å². The Labute approximate surface area is 188 Å². The number of fused-ring (bicyclic) bond motifs is 1. The van der Waals surface area contributed by atoms with Crippen LogP contribution in [0.15, 0.2) is 71.3 Å². The van der Waals surface area contributed by atoms with Gasteiger partial charge in [0, 0.05) is 23.5 Å². The molecule has 0 radical (unpaired) electrons. The third-order valence-electron chi connectivity index (χ3n) is 6.40. The fourth-order valence-electron chi connectivity index (χ4n) is 4.48. The molecule has 0 saturated carbocycles. The van der Waals surface area contributed by atoms with Crippen LogP contribution in [0.5, 0.6) is 0 Å². The maximum atomic E-state index is 9.20. The Hall–Kier alpha value is -3.39. The highest BCUT2D eigenvalue weighted by Crippen LogP contribution is 2.37. The van der Waals surface area contributed by atoms with Crippen LogP contribution in [-0.2, 0) is 6.54 Å². The van der Waals surface area contributed by atoms with Gasteiger partial charge in [-0.3, -0.25) is 0 Å². The molecule has 4 aromatic rings. The molecule has 2 N–H and O–H groups in total. The van der Waals surface area contributed by atoms with Crippen LogP contribution >= 0.6 is 0 Å². The molecular weight excluding hydrogens is 394 g/mol. The van der Waals surface area contributed by atoms with Gasteiger partial charge in [-0.2, -0.15) is 5.26 Å². The third-order valence-corrected chi connectivity index (χ3v) is 6.40. The first kappa shape index (κ1) is 20.5. The number of nitrogens with zero attached hydrogens (tertiary/aromatic N) is 1. The quantitative estimate of drug-likeness (QED) is 0.428. The molecule has 160 valence electrons. The molecule has 1 aromatic heterocycles. The van der Waals surface area contributed by atoms with Crippen molar-refractivity contribution < 1.29 is 4.42 Å². The van der Waals surface area contributed by atoms with Crippen LogP contribution in [0, 0.1) is 18.3 Å². The molecule has 3 aromatic carbocycles. The summed E-state index contributed by atoms with van der Waals surface area (Å²) >= 11 is 0. The normalized spacial score (nSPS) is 14.5. The number of piperidine rings is 1. The van der Waals surface area contributed by atoms with E-state index in [1.165, 1.54) is 11.1 Å². The number of benzene rings is 3. The van der Waals surface area contributed by atoms with Crippen LogP contribution in [0.2, 0.25) is 0 Å². The molecule has 0 bridgehead atoms. The predicted molar refractivity (Wildman–Crippen MR) is 129 cm³/mol. The zero-order valence-corrected chi connectivity index (χ0v) is 18.3. The van der Waals surface area contributed by atoms with Gasteiger partial charge in [-0.1, -0.05) is 42.0 Å². The fourth-order valence-corrected chi connectivity index (χ4v) is 4.48. The topological polar surface area (TPSA) is 61.0 Å². The van der Waals surface area contributed by atoms with E-state index < -0.39 is 0 Å². The van der Waals surface area contributed by atoms with E-state index in [0.29, 0.717) is 11.6 Å². The smallest absolute Gasteiger partial charge is 0.134 e. The Bertz CT molecular complexity index is 1260. The summed E-state index contributed by atoms with van der Waals surface area (Å²) < 4.78 is 6.01. The minimum Gasteiger partial charge on any atom is -0.464 e. The molecule has 0 spiro atoms. The van der Waals surface area contributed by atoms with Crippen molar-refractivity contribution in [3.63, 3.8) is 0 Å². The van der Waals surface area contributed by atoms with E-state index in [1.54, 1.807) is 0 Å². The first-order chi connectivity index (χ1) is 15.7. The van der Waals surface area contributed by atoms with Gasteiger partial charge in [0.05, 0.1) is 17.9 Å². The monoisotopic (exact) mass is 421 g/mol. The van der Waals surface area contributed by atoms with Crippen LogP contribution in [-0.4, -0.2) is 19.1 Å². The van der Waals surface area contributed by atoms with Crippen molar-refractivity contribution in [1.82, 2.24) is 10.6 Å². The average molecular weight is 422 g/mol. The van der Waals surface area contributed by atoms with Gasteiger partial charge >= 0.3 is 0 Å². The van der Waals surface area contributed by atoms with E-state index in [-0.39, 0.29) is 0 Å². The molecule has 0 aliphatic carbocycles. The molecule has 4 nitrogen and oxygen atoms in total. The molecule has 0 atom stereocenters. The van der Waals surface area contributed by atoms with Crippen LogP contribution in [0.1, 0.15) is 29.5 Å². The summed E-state index contributed by atoms with van der Waals surface area (Å²) in [6.45, 7) is 5.05. The van der Waals surface area contributed by atoms with Crippen LogP contribution in [0.3, 0.4) is 0 Å². The molecule has 1 aliphatic rings. The number of furan rings is 1. The van der Waals surface area contributed by atoms with E-state index >= 15 is 0 Å². The lowest BCUT2D eigenvalue weighted by Crippen LogP contribution is -2.39. The summed E-state index contributed by atoms with van der Waals surface area (Å²) in [5, 5.41) is 17.5. The molecule has 32 heavy (non-hydrogen) atoms. The van der Waals surface area contributed by atoms with Gasteiger partial charge < -0.3 is 15.1 Å². The van der Waals surface area contributed by atoms with Crippen molar-refractivity contribution in [3.8, 4) is 28.3 Å². The lowest BCUT2D eigenvalue weighted by Gasteiger charge is -2.23. The van der Waals surface area contributed by atoms with Crippen molar-refractivity contribution in [1.29, 1.82) is 5.26 Å².